The number of benzene rings is 1. The Morgan fingerprint density at radius 1 is 1.17 bits per heavy atom. The quantitative estimate of drug-likeness (QED) is 0.601. The molecule has 3 atom stereocenters. The van der Waals surface area contributed by atoms with E-state index in [-0.39, 0.29) is 12.1 Å². The predicted octanol–water partition coefficient (Wildman–Crippen LogP) is 2.28. The number of rotatable bonds is 9. The second kappa shape index (κ2) is 9.33. The van der Waals surface area contributed by atoms with Crippen molar-refractivity contribution in [3.63, 3.8) is 0 Å². The van der Waals surface area contributed by atoms with E-state index in [1.807, 2.05) is 35.0 Å². The summed E-state index contributed by atoms with van der Waals surface area (Å²) in [6.07, 6.45) is 4.26. The van der Waals surface area contributed by atoms with E-state index < -0.39 is 0 Å². The molecule has 0 bridgehead atoms. The third-order valence-electron chi connectivity index (χ3n) is 5.61. The lowest BCUT2D eigenvalue weighted by molar-refractivity contribution is -0.953. The van der Waals surface area contributed by atoms with Gasteiger partial charge in [-0.25, -0.2) is 4.68 Å². The molecule has 1 N–H and O–H groups in total. The zero-order valence-corrected chi connectivity index (χ0v) is 17.2. The Morgan fingerprint density at radius 2 is 2.03 bits per heavy atom. The number of nitrogens with one attached hydrogen (secondary N) is 1. The average Bonchev–Trinajstić information content (AvgIpc) is 3.47. The van der Waals surface area contributed by atoms with E-state index in [1.54, 1.807) is 6.26 Å². The van der Waals surface area contributed by atoms with Gasteiger partial charge in [-0.2, -0.15) is 0 Å². The minimum Gasteiger partial charge on any atom is -0.463 e. The largest absolute Gasteiger partial charge is 0.463 e. The molecule has 0 radical (unpaired) electrons. The number of aromatic nitrogens is 4. The highest BCUT2D eigenvalue weighted by molar-refractivity contribution is 5.15. The predicted molar refractivity (Wildman–Crippen MR) is 108 cm³/mol. The van der Waals surface area contributed by atoms with Crippen molar-refractivity contribution in [2.24, 2.45) is 5.92 Å². The maximum atomic E-state index is 5.97. The molecule has 7 nitrogen and oxygen atoms in total. The molecule has 7 heteroatoms. The SMILES string of the molecule is CC(C)[C@H](c1nnnn1Cc1ccccc1)[NH+](Cc1ccco1)C[C@@H]1CCCO1. The Labute approximate surface area is 171 Å². The number of nitrogens with zero attached hydrogens (tertiary/aromatic N) is 4. The Hall–Kier alpha value is -2.51. The van der Waals surface area contributed by atoms with Crippen LogP contribution in [0.4, 0.5) is 0 Å². The van der Waals surface area contributed by atoms with Gasteiger partial charge in [0.15, 0.2) is 11.8 Å². The molecule has 0 saturated carbocycles. The number of hydrogen-bond acceptors (Lipinski definition) is 5. The van der Waals surface area contributed by atoms with Crippen LogP contribution in [-0.2, 0) is 17.8 Å². The molecule has 2 aromatic heterocycles. The Kier molecular flexibility index (Phi) is 6.36. The number of tetrazole rings is 1. The van der Waals surface area contributed by atoms with Gasteiger partial charge in [-0.3, -0.25) is 0 Å². The molecule has 0 spiro atoms. The fourth-order valence-electron chi connectivity index (χ4n) is 4.30. The fraction of sp³-hybridized carbons (Fsp3) is 0.500. The third kappa shape index (κ3) is 4.92. The van der Waals surface area contributed by atoms with Gasteiger partial charge in [0, 0.05) is 12.5 Å². The highest BCUT2D eigenvalue weighted by Crippen LogP contribution is 2.19. The van der Waals surface area contributed by atoms with Crippen LogP contribution in [0.2, 0.25) is 0 Å². The lowest BCUT2D eigenvalue weighted by Gasteiger charge is -2.31. The molecular weight excluding hydrogens is 366 g/mol. The first-order valence-corrected chi connectivity index (χ1v) is 10.5. The number of hydrogen-bond donors (Lipinski definition) is 1. The van der Waals surface area contributed by atoms with Crippen molar-refractivity contribution in [1.29, 1.82) is 0 Å². The molecule has 3 aromatic rings. The monoisotopic (exact) mass is 396 g/mol. The lowest BCUT2D eigenvalue weighted by Crippen LogP contribution is -3.12. The summed E-state index contributed by atoms with van der Waals surface area (Å²) >= 11 is 0. The van der Waals surface area contributed by atoms with Crippen LogP contribution in [0.3, 0.4) is 0 Å². The molecule has 1 fully saturated rings. The molecule has 3 heterocycles. The molecule has 0 amide bonds. The molecule has 1 aliphatic heterocycles. The van der Waals surface area contributed by atoms with E-state index in [1.165, 1.54) is 10.5 Å². The zero-order valence-electron chi connectivity index (χ0n) is 17.2. The number of ether oxygens (including phenoxy) is 1. The van der Waals surface area contributed by atoms with Crippen LogP contribution in [-0.4, -0.2) is 39.5 Å². The first kappa shape index (κ1) is 19.8. The van der Waals surface area contributed by atoms with Crippen molar-refractivity contribution >= 4 is 0 Å². The summed E-state index contributed by atoms with van der Waals surface area (Å²) in [6, 6.07) is 14.5. The van der Waals surface area contributed by atoms with E-state index >= 15 is 0 Å². The van der Waals surface area contributed by atoms with Gasteiger partial charge in [0.2, 0.25) is 5.82 Å². The van der Waals surface area contributed by atoms with E-state index in [0.29, 0.717) is 12.5 Å². The minimum atomic E-state index is 0.142. The number of quaternary nitrogens is 1. The molecule has 0 aliphatic carbocycles. The average molecular weight is 397 g/mol. The molecule has 1 aliphatic rings. The van der Waals surface area contributed by atoms with Gasteiger partial charge in [-0.15, -0.1) is 5.10 Å². The highest BCUT2D eigenvalue weighted by Gasteiger charge is 2.35. The van der Waals surface area contributed by atoms with Crippen molar-refractivity contribution in [3.05, 3.63) is 65.9 Å². The summed E-state index contributed by atoms with van der Waals surface area (Å²) < 4.78 is 13.6. The summed E-state index contributed by atoms with van der Waals surface area (Å²) in [6.45, 7) is 7.71. The van der Waals surface area contributed by atoms with Crippen LogP contribution in [0.5, 0.6) is 0 Å². The normalized spacial score (nSPS) is 18.9. The van der Waals surface area contributed by atoms with Crippen molar-refractivity contribution in [1.82, 2.24) is 20.2 Å². The maximum absolute atomic E-state index is 5.97. The molecule has 1 unspecified atom stereocenters. The molecule has 1 aromatic carbocycles. The Balaban J connectivity index is 1.62. The topological polar surface area (TPSA) is 70.4 Å². The van der Waals surface area contributed by atoms with Crippen LogP contribution in [0.15, 0.2) is 53.1 Å². The third-order valence-corrected chi connectivity index (χ3v) is 5.61. The van der Waals surface area contributed by atoms with Gasteiger partial charge in [-0.1, -0.05) is 44.2 Å². The van der Waals surface area contributed by atoms with Crippen molar-refractivity contribution in [3.8, 4) is 0 Å². The van der Waals surface area contributed by atoms with E-state index in [9.17, 15) is 0 Å². The van der Waals surface area contributed by atoms with Crippen LogP contribution in [0.1, 0.15) is 49.9 Å². The number of furan rings is 1. The molecule has 4 rings (SSSR count). The lowest BCUT2D eigenvalue weighted by atomic mass is 10.00. The summed E-state index contributed by atoms with van der Waals surface area (Å²) in [5, 5.41) is 12.8. The van der Waals surface area contributed by atoms with Gasteiger partial charge >= 0.3 is 0 Å². The first-order valence-electron chi connectivity index (χ1n) is 10.5. The first-order chi connectivity index (χ1) is 14.2. The van der Waals surface area contributed by atoms with E-state index in [4.69, 9.17) is 9.15 Å². The van der Waals surface area contributed by atoms with Gasteiger partial charge < -0.3 is 14.1 Å². The van der Waals surface area contributed by atoms with Gasteiger partial charge in [0.05, 0.1) is 12.8 Å². The van der Waals surface area contributed by atoms with Gasteiger partial charge in [0.1, 0.15) is 19.2 Å². The van der Waals surface area contributed by atoms with Crippen molar-refractivity contribution < 1.29 is 14.1 Å². The van der Waals surface area contributed by atoms with E-state index in [0.717, 1.165) is 44.1 Å². The second-order valence-corrected chi connectivity index (χ2v) is 8.16. The van der Waals surface area contributed by atoms with Crippen molar-refractivity contribution in [2.75, 3.05) is 13.2 Å². The van der Waals surface area contributed by atoms with Crippen LogP contribution >= 0.6 is 0 Å². The van der Waals surface area contributed by atoms with Crippen LogP contribution in [0.25, 0.3) is 0 Å². The van der Waals surface area contributed by atoms with Gasteiger partial charge in [-0.05, 0) is 41.0 Å². The minimum absolute atomic E-state index is 0.142. The smallest absolute Gasteiger partial charge is 0.209 e. The van der Waals surface area contributed by atoms with Crippen molar-refractivity contribution in [2.45, 2.75) is 51.9 Å². The Morgan fingerprint density at radius 3 is 2.72 bits per heavy atom. The highest BCUT2D eigenvalue weighted by atomic mass is 16.5. The Bertz CT molecular complexity index is 856. The standard InChI is InChI=1S/C22H29N5O2/c1-17(2)21(22-23-24-25-27(22)14-18-8-4-3-5-9-18)26(15-19-10-6-12-28-19)16-20-11-7-13-29-20/h3-6,8-10,12,17,20-21H,7,11,13-16H2,1-2H3/p+1/t20-,21+/m0/s1. The molecule has 1 saturated heterocycles. The zero-order chi connectivity index (χ0) is 20.1. The summed E-state index contributed by atoms with van der Waals surface area (Å²) in [4.78, 5) is 1.38. The summed E-state index contributed by atoms with van der Waals surface area (Å²) in [5.41, 5.74) is 1.19. The fourth-order valence-corrected chi connectivity index (χ4v) is 4.30. The van der Waals surface area contributed by atoms with Gasteiger partial charge in [0.25, 0.3) is 0 Å². The summed E-state index contributed by atoms with van der Waals surface area (Å²) in [5.74, 6) is 2.26. The van der Waals surface area contributed by atoms with Crippen LogP contribution in [0, 0.1) is 5.92 Å². The van der Waals surface area contributed by atoms with E-state index in [2.05, 4.69) is 41.5 Å². The van der Waals surface area contributed by atoms with Crippen LogP contribution < -0.4 is 4.90 Å². The second-order valence-electron chi connectivity index (χ2n) is 8.16. The summed E-state index contributed by atoms with van der Waals surface area (Å²) in [7, 11) is 0. The maximum Gasteiger partial charge on any atom is 0.209 e. The molecule has 154 valence electrons. The molecular formula is C22H30N5O2+. The molecule has 29 heavy (non-hydrogen) atoms.